The Morgan fingerprint density at radius 2 is 2.05 bits per heavy atom. The van der Waals surface area contributed by atoms with Crippen LogP contribution in [0.15, 0.2) is 24.3 Å². The van der Waals surface area contributed by atoms with Gasteiger partial charge in [0, 0.05) is 25.5 Å². The molecule has 1 aliphatic rings. The summed E-state index contributed by atoms with van der Waals surface area (Å²) < 4.78 is 23.1. The van der Waals surface area contributed by atoms with Gasteiger partial charge in [-0.3, -0.25) is 0 Å². The second-order valence-electron chi connectivity index (χ2n) is 5.93. The number of urea groups is 1. The highest BCUT2D eigenvalue weighted by molar-refractivity contribution is 7.91. The number of amides is 2. The zero-order valence-corrected chi connectivity index (χ0v) is 13.3. The number of hydrogen-bond donors (Lipinski definition) is 2. The molecular formula is C14H21N3O3S. The van der Waals surface area contributed by atoms with Gasteiger partial charge in [-0.2, -0.15) is 0 Å². The standard InChI is InChI=1S/C14H21N3O3S/c1-14(7-8-21(19,20)10-14)16-13(18)15-11-5-4-6-12(9-11)17(2)3/h4-6,9H,7-8,10H2,1-3H3,(H2,15,16,18)/t14-/m1/s1. The lowest BCUT2D eigenvalue weighted by Gasteiger charge is -2.24. The van der Waals surface area contributed by atoms with E-state index in [0.717, 1.165) is 5.69 Å². The van der Waals surface area contributed by atoms with Crippen LogP contribution in [0.25, 0.3) is 0 Å². The molecule has 116 valence electrons. The van der Waals surface area contributed by atoms with Gasteiger partial charge in [-0.1, -0.05) is 6.07 Å². The van der Waals surface area contributed by atoms with Gasteiger partial charge in [0.15, 0.2) is 9.84 Å². The van der Waals surface area contributed by atoms with Crippen molar-refractivity contribution < 1.29 is 13.2 Å². The summed E-state index contributed by atoms with van der Waals surface area (Å²) in [6, 6.07) is 7.05. The molecule has 2 rings (SSSR count). The Labute approximate surface area is 125 Å². The molecule has 1 saturated heterocycles. The molecule has 1 aromatic carbocycles. The summed E-state index contributed by atoms with van der Waals surface area (Å²) in [6.45, 7) is 1.76. The summed E-state index contributed by atoms with van der Waals surface area (Å²) in [5.41, 5.74) is 0.952. The van der Waals surface area contributed by atoms with Crippen LogP contribution < -0.4 is 15.5 Å². The van der Waals surface area contributed by atoms with Crippen LogP contribution in [-0.4, -0.2) is 45.6 Å². The third kappa shape index (κ3) is 4.10. The molecule has 1 aromatic rings. The molecule has 2 amide bonds. The maximum Gasteiger partial charge on any atom is 0.319 e. The van der Waals surface area contributed by atoms with E-state index in [1.54, 1.807) is 13.0 Å². The molecule has 1 fully saturated rings. The Balaban J connectivity index is 2.01. The lowest BCUT2D eigenvalue weighted by atomic mass is 10.0. The van der Waals surface area contributed by atoms with Crippen LogP contribution in [0.4, 0.5) is 16.2 Å². The number of hydrogen-bond acceptors (Lipinski definition) is 4. The molecule has 0 saturated carbocycles. The molecule has 1 heterocycles. The predicted octanol–water partition coefficient (Wildman–Crippen LogP) is 1.45. The number of anilines is 2. The van der Waals surface area contributed by atoms with Crippen molar-refractivity contribution in [1.29, 1.82) is 0 Å². The zero-order chi connectivity index (χ0) is 15.7. The molecule has 0 bridgehead atoms. The van der Waals surface area contributed by atoms with Gasteiger partial charge in [0.05, 0.1) is 17.0 Å². The highest BCUT2D eigenvalue weighted by atomic mass is 32.2. The summed E-state index contributed by atoms with van der Waals surface area (Å²) in [4.78, 5) is 14.0. The fourth-order valence-electron chi connectivity index (χ4n) is 2.41. The van der Waals surface area contributed by atoms with Crippen LogP contribution in [-0.2, 0) is 9.84 Å². The van der Waals surface area contributed by atoms with Gasteiger partial charge in [-0.15, -0.1) is 0 Å². The zero-order valence-electron chi connectivity index (χ0n) is 12.5. The van der Waals surface area contributed by atoms with Crippen molar-refractivity contribution >= 4 is 27.2 Å². The van der Waals surface area contributed by atoms with Crippen molar-refractivity contribution in [3.63, 3.8) is 0 Å². The molecule has 1 aliphatic heterocycles. The van der Waals surface area contributed by atoms with Crippen molar-refractivity contribution in [2.45, 2.75) is 18.9 Å². The predicted molar refractivity (Wildman–Crippen MR) is 84.6 cm³/mol. The normalized spacial score (nSPS) is 23.6. The molecule has 0 unspecified atom stereocenters. The molecule has 0 aromatic heterocycles. The van der Waals surface area contributed by atoms with Crippen molar-refractivity contribution in [3.8, 4) is 0 Å². The Morgan fingerprint density at radius 1 is 1.33 bits per heavy atom. The van der Waals surface area contributed by atoms with Gasteiger partial charge in [0.2, 0.25) is 0 Å². The van der Waals surface area contributed by atoms with E-state index in [1.165, 1.54) is 0 Å². The largest absolute Gasteiger partial charge is 0.378 e. The van der Waals surface area contributed by atoms with E-state index in [0.29, 0.717) is 12.1 Å². The molecule has 7 heteroatoms. The summed E-state index contributed by atoms with van der Waals surface area (Å²) in [5, 5.41) is 5.51. The molecule has 21 heavy (non-hydrogen) atoms. The molecule has 6 nitrogen and oxygen atoms in total. The molecule has 0 radical (unpaired) electrons. The first-order chi connectivity index (χ1) is 9.69. The third-order valence-electron chi connectivity index (χ3n) is 3.54. The van der Waals surface area contributed by atoms with E-state index in [2.05, 4.69) is 10.6 Å². The van der Waals surface area contributed by atoms with Crippen LogP contribution in [0.1, 0.15) is 13.3 Å². The second kappa shape index (κ2) is 5.55. The minimum atomic E-state index is -3.04. The average Bonchev–Trinajstić information content (AvgIpc) is 2.63. The van der Waals surface area contributed by atoms with E-state index in [9.17, 15) is 13.2 Å². The van der Waals surface area contributed by atoms with E-state index < -0.39 is 15.4 Å². The van der Waals surface area contributed by atoms with Crippen LogP contribution in [0.5, 0.6) is 0 Å². The molecule has 2 N–H and O–H groups in total. The monoisotopic (exact) mass is 311 g/mol. The van der Waals surface area contributed by atoms with E-state index in [4.69, 9.17) is 0 Å². The maximum atomic E-state index is 12.0. The van der Waals surface area contributed by atoms with Crippen molar-refractivity contribution in [1.82, 2.24) is 5.32 Å². The molecule has 1 atom stereocenters. The number of benzene rings is 1. The summed E-state index contributed by atoms with van der Waals surface area (Å²) in [6.07, 6.45) is 0.445. The fourth-order valence-corrected chi connectivity index (χ4v) is 4.50. The average molecular weight is 311 g/mol. The highest BCUT2D eigenvalue weighted by Crippen LogP contribution is 2.23. The topological polar surface area (TPSA) is 78.5 Å². The van der Waals surface area contributed by atoms with Gasteiger partial charge in [0.25, 0.3) is 0 Å². The smallest absolute Gasteiger partial charge is 0.319 e. The summed E-state index contributed by atoms with van der Waals surface area (Å²) in [5.74, 6) is 0.116. The third-order valence-corrected chi connectivity index (χ3v) is 5.44. The molecule has 0 aliphatic carbocycles. The highest BCUT2D eigenvalue weighted by Gasteiger charge is 2.39. The number of rotatable bonds is 3. The van der Waals surface area contributed by atoms with Crippen molar-refractivity contribution in [2.75, 3.05) is 35.8 Å². The second-order valence-corrected chi connectivity index (χ2v) is 8.11. The Hall–Kier alpha value is -1.76. The lowest BCUT2D eigenvalue weighted by Crippen LogP contribution is -2.48. The summed E-state index contributed by atoms with van der Waals surface area (Å²) in [7, 11) is 0.801. The molecule has 0 spiro atoms. The van der Waals surface area contributed by atoms with Crippen LogP contribution in [0, 0.1) is 0 Å². The molecular weight excluding hydrogens is 290 g/mol. The number of carbonyl (C=O) groups excluding carboxylic acids is 1. The van der Waals surface area contributed by atoms with Gasteiger partial charge < -0.3 is 15.5 Å². The Morgan fingerprint density at radius 3 is 2.62 bits per heavy atom. The van der Waals surface area contributed by atoms with Crippen LogP contribution in [0.3, 0.4) is 0 Å². The number of carbonyl (C=O) groups is 1. The van der Waals surface area contributed by atoms with Crippen molar-refractivity contribution in [2.24, 2.45) is 0 Å². The maximum absolute atomic E-state index is 12.0. The van der Waals surface area contributed by atoms with E-state index in [1.807, 2.05) is 37.2 Å². The van der Waals surface area contributed by atoms with Crippen molar-refractivity contribution in [3.05, 3.63) is 24.3 Å². The van der Waals surface area contributed by atoms with E-state index in [-0.39, 0.29) is 17.5 Å². The first kappa shape index (κ1) is 15.6. The van der Waals surface area contributed by atoms with Gasteiger partial charge in [-0.05, 0) is 31.5 Å². The van der Waals surface area contributed by atoms with Gasteiger partial charge >= 0.3 is 6.03 Å². The summed E-state index contributed by atoms with van der Waals surface area (Å²) >= 11 is 0. The quantitative estimate of drug-likeness (QED) is 0.885. The first-order valence-electron chi connectivity index (χ1n) is 6.76. The fraction of sp³-hybridized carbons (Fsp3) is 0.500. The van der Waals surface area contributed by atoms with Gasteiger partial charge in [-0.25, -0.2) is 13.2 Å². The number of nitrogens with zero attached hydrogens (tertiary/aromatic N) is 1. The van der Waals surface area contributed by atoms with Crippen LogP contribution >= 0.6 is 0 Å². The lowest BCUT2D eigenvalue weighted by molar-refractivity contribution is 0.242. The minimum absolute atomic E-state index is 0.00877. The SMILES string of the molecule is CN(C)c1cccc(NC(=O)N[C@]2(C)CCS(=O)(=O)C2)c1. The number of sulfone groups is 1. The Bertz CT molecular complexity index is 643. The van der Waals surface area contributed by atoms with Gasteiger partial charge in [0.1, 0.15) is 0 Å². The number of nitrogens with one attached hydrogen (secondary N) is 2. The van der Waals surface area contributed by atoms with E-state index >= 15 is 0 Å². The minimum Gasteiger partial charge on any atom is -0.378 e. The van der Waals surface area contributed by atoms with Crippen LogP contribution in [0.2, 0.25) is 0 Å². The first-order valence-corrected chi connectivity index (χ1v) is 8.58. The Kier molecular flexibility index (Phi) is 4.13.